The number of allylic oxidation sites excluding steroid dienone is 1. The molecule has 0 aromatic carbocycles. The van der Waals surface area contributed by atoms with Crippen LogP contribution in [0.2, 0.25) is 0 Å². The van der Waals surface area contributed by atoms with Gasteiger partial charge < -0.3 is 10.8 Å². The zero-order valence-electron chi connectivity index (χ0n) is 11.1. The van der Waals surface area contributed by atoms with Crippen LogP contribution in [0.15, 0.2) is 30.0 Å². The number of aromatic nitrogens is 1. The van der Waals surface area contributed by atoms with Crippen LogP contribution in [0, 0.1) is 0 Å². The molecule has 0 bridgehead atoms. The summed E-state index contributed by atoms with van der Waals surface area (Å²) in [6.45, 7) is 0. The molecule has 2 rings (SSSR count). The Hall–Kier alpha value is -1.89. The van der Waals surface area contributed by atoms with E-state index in [-0.39, 0.29) is 12.0 Å². The van der Waals surface area contributed by atoms with E-state index in [9.17, 15) is 18.0 Å². The van der Waals surface area contributed by atoms with Crippen molar-refractivity contribution in [1.82, 2.24) is 4.98 Å². The van der Waals surface area contributed by atoms with Crippen LogP contribution in [0.3, 0.4) is 0 Å². The first-order valence-corrected chi connectivity index (χ1v) is 6.48. The van der Waals surface area contributed by atoms with Crippen LogP contribution in [0.1, 0.15) is 36.4 Å². The molecule has 1 fully saturated rings. The topological polar surface area (TPSA) is 76.2 Å². The SMILES string of the molecule is N[C@@H]1CC/C(=C\C(=O)O)C[C@H]1c1ccc(C(F)(F)F)nc1. The van der Waals surface area contributed by atoms with Crippen LogP contribution >= 0.6 is 0 Å². The first-order chi connectivity index (χ1) is 9.77. The Morgan fingerprint density at radius 3 is 2.67 bits per heavy atom. The lowest BCUT2D eigenvalue weighted by Crippen LogP contribution is -2.32. The molecule has 1 aromatic rings. The number of hydrogen-bond acceptors (Lipinski definition) is 3. The van der Waals surface area contributed by atoms with Gasteiger partial charge in [-0.05, 0) is 30.9 Å². The van der Waals surface area contributed by atoms with Crippen molar-refractivity contribution in [1.29, 1.82) is 0 Å². The molecule has 4 nitrogen and oxygen atoms in total. The second-order valence-electron chi connectivity index (χ2n) is 5.13. The molecule has 1 aromatic heterocycles. The average molecular weight is 300 g/mol. The second-order valence-corrected chi connectivity index (χ2v) is 5.13. The number of halogens is 3. The third-order valence-corrected chi connectivity index (χ3v) is 3.63. The van der Waals surface area contributed by atoms with Crippen LogP contribution in [-0.2, 0) is 11.0 Å². The predicted molar refractivity (Wildman–Crippen MR) is 69.5 cm³/mol. The van der Waals surface area contributed by atoms with E-state index in [1.165, 1.54) is 12.3 Å². The highest BCUT2D eigenvalue weighted by Gasteiger charge is 2.33. The van der Waals surface area contributed by atoms with E-state index in [1.807, 2.05) is 0 Å². The largest absolute Gasteiger partial charge is 0.478 e. The van der Waals surface area contributed by atoms with Gasteiger partial charge in [-0.3, -0.25) is 4.98 Å². The van der Waals surface area contributed by atoms with Crippen molar-refractivity contribution in [2.75, 3.05) is 0 Å². The highest BCUT2D eigenvalue weighted by molar-refractivity contribution is 5.80. The van der Waals surface area contributed by atoms with Crippen molar-refractivity contribution >= 4 is 5.97 Å². The molecule has 114 valence electrons. The summed E-state index contributed by atoms with van der Waals surface area (Å²) in [5.74, 6) is -1.23. The monoisotopic (exact) mass is 300 g/mol. The summed E-state index contributed by atoms with van der Waals surface area (Å²) < 4.78 is 37.4. The first-order valence-electron chi connectivity index (χ1n) is 6.48. The Labute approximate surface area is 119 Å². The summed E-state index contributed by atoms with van der Waals surface area (Å²) in [4.78, 5) is 14.1. The minimum Gasteiger partial charge on any atom is -0.478 e. The van der Waals surface area contributed by atoms with Crippen molar-refractivity contribution in [3.63, 3.8) is 0 Å². The molecular weight excluding hydrogens is 285 g/mol. The number of nitrogens with zero attached hydrogens (tertiary/aromatic N) is 1. The molecule has 1 saturated carbocycles. The fraction of sp³-hybridized carbons (Fsp3) is 0.429. The number of rotatable bonds is 2. The van der Waals surface area contributed by atoms with E-state index in [1.54, 1.807) is 0 Å². The zero-order valence-corrected chi connectivity index (χ0v) is 11.1. The number of carbonyl (C=O) groups is 1. The molecule has 0 saturated heterocycles. The Balaban J connectivity index is 2.21. The van der Waals surface area contributed by atoms with Gasteiger partial charge in [0.2, 0.25) is 0 Å². The minimum absolute atomic E-state index is 0.209. The summed E-state index contributed by atoms with van der Waals surface area (Å²) in [6, 6.07) is 2.08. The summed E-state index contributed by atoms with van der Waals surface area (Å²) in [5.41, 5.74) is 6.40. The van der Waals surface area contributed by atoms with E-state index in [2.05, 4.69) is 4.98 Å². The number of alkyl halides is 3. The Morgan fingerprint density at radius 1 is 1.43 bits per heavy atom. The molecule has 7 heteroatoms. The predicted octanol–water partition coefficient (Wildman–Crippen LogP) is 2.71. The fourth-order valence-corrected chi connectivity index (χ4v) is 2.55. The molecule has 1 heterocycles. The first kappa shape index (κ1) is 15.5. The van der Waals surface area contributed by atoms with Crippen LogP contribution in [0.25, 0.3) is 0 Å². The number of carboxylic acids is 1. The van der Waals surface area contributed by atoms with E-state index >= 15 is 0 Å². The van der Waals surface area contributed by atoms with E-state index < -0.39 is 17.8 Å². The number of hydrogen-bond donors (Lipinski definition) is 2. The lowest BCUT2D eigenvalue weighted by Gasteiger charge is -2.30. The molecule has 21 heavy (non-hydrogen) atoms. The van der Waals surface area contributed by atoms with Gasteiger partial charge >= 0.3 is 12.1 Å². The van der Waals surface area contributed by atoms with Crippen LogP contribution < -0.4 is 5.73 Å². The van der Waals surface area contributed by atoms with Gasteiger partial charge in [0.25, 0.3) is 0 Å². The lowest BCUT2D eigenvalue weighted by atomic mass is 9.78. The average Bonchev–Trinajstić information content (AvgIpc) is 2.39. The third kappa shape index (κ3) is 3.81. The molecule has 0 amide bonds. The Bertz CT molecular complexity index is 552. The molecule has 0 unspecified atom stereocenters. The highest BCUT2D eigenvalue weighted by Crippen LogP contribution is 2.36. The lowest BCUT2D eigenvalue weighted by molar-refractivity contribution is -0.141. The highest BCUT2D eigenvalue weighted by atomic mass is 19.4. The number of aliphatic carboxylic acids is 1. The van der Waals surface area contributed by atoms with Gasteiger partial charge in [-0.25, -0.2) is 4.79 Å². The van der Waals surface area contributed by atoms with Gasteiger partial charge in [-0.2, -0.15) is 13.2 Å². The molecule has 1 aliphatic carbocycles. The fourth-order valence-electron chi connectivity index (χ4n) is 2.55. The maximum absolute atomic E-state index is 12.5. The van der Waals surface area contributed by atoms with Gasteiger partial charge in [0.1, 0.15) is 5.69 Å². The summed E-state index contributed by atoms with van der Waals surface area (Å²) in [5, 5.41) is 8.77. The summed E-state index contributed by atoms with van der Waals surface area (Å²) in [6.07, 6.45) is -0.516. The Morgan fingerprint density at radius 2 is 2.14 bits per heavy atom. The molecule has 1 aliphatic rings. The van der Waals surface area contributed by atoms with E-state index in [0.717, 1.165) is 17.7 Å². The smallest absolute Gasteiger partial charge is 0.433 e. The quantitative estimate of drug-likeness (QED) is 0.823. The number of nitrogens with two attached hydrogens (primary N) is 1. The maximum atomic E-state index is 12.5. The molecule has 3 N–H and O–H groups in total. The summed E-state index contributed by atoms with van der Waals surface area (Å²) >= 11 is 0. The third-order valence-electron chi connectivity index (χ3n) is 3.63. The molecule has 0 spiro atoms. The number of carboxylic acid groups (broad SMARTS) is 1. The van der Waals surface area contributed by atoms with Gasteiger partial charge in [0, 0.05) is 24.2 Å². The summed E-state index contributed by atoms with van der Waals surface area (Å²) in [7, 11) is 0. The Kier molecular flexibility index (Phi) is 4.32. The minimum atomic E-state index is -4.47. The van der Waals surface area contributed by atoms with Gasteiger partial charge in [0.05, 0.1) is 0 Å². The standard InChI is InChI=1S/C14H15F3N2O2/c15-14(16,17)12-4-2-9(7-19-12)10-5-8(6-13(20)21)1-3-11(10)18/h2,4,6-7,10-11H,1,3,5,18H2,(H,20,21)/b8-6+/t10-,11+/m0/s1. The normalized spacial score (nSPS) is 25.0. The van der Waals surface area contributed by atoms with Crippen LogP contribution in [0.4, 0.5) is 13.2 Å². The van der Waals surface area contributed by atoms with Crippen LogP contribution in [0.5, 0.6) is 0 Å². The van der Waals surface area contributed by atoms with Gasteiger partial charge in [0.15, 0.2) is 0 Å². The molecule has 2 atom stereocenters. The number of pyridine rings is 1. The van der Waals surface area contributed by atoms with Crippen molar-refractivity contribution < 1.29 is 23.1 Å². The molecule has 0 radical (unpaired) electrons. The molecular formula is C14H15F3N2O2. The van der Waals surface area contributed by atoms with Crippen molar-refractivity contribution in [2.45, 2.75) is 37.4 Å². The van der Waals surface area contributed by atoms with Crippen molar-refractivity contribution in [3.05, 3.63) is 41.2 Å². The van der Waals surface area contributed by atoms with Crippen LogP contribution in [-0.4, -0.2) is 22.1 Å². The second kappa shape index (κ2) is 5.85. The van der Waals surface area contributed by atoms with E-state index in [0.29, 0.717) is 24.8 Å². The van der Waals surface area contributed by atoms with Crippen molar-refractivity contribution in [2.24, 2.45) is 5.73 Å². The maximum Gasteiger partial charge on any atom is 0.433 e. The molecule has 0 aliphatic heterocycles. The van der Waals surface area contributed by atoms with Gasteiger partial charge in [-0.15, -0.1) is 0 Å². The van der Waals surface area contributed by atoms with Crippen molar-refractivity contribution in [3.8, 4) is 0 Å². The zero-order chi connectivity index (χ0) is 15.6. The van der Waals surface area contributed by atoms with Gasteiger partial charge in [-0.1, -0.05) is 11.6 Å². The van der Waals surface area contributed by atoms with E-state index in [4.69, 9.17) is 10.8 Å².